The monoisotopic (exact) mass is 210 g/mol. The van der Waals surface area contributed by atoms with E-state index < -0.39 is 0 Å². The molecule has 1 aliphatic carbocycles. The van der Waals surface area contributed by atoms with Crippen LogP contribution in [0.1, 0.15) is 40.0 Å². The van der Waals surface area contributed by atoms with Crippen LogP contribution in [0, 0.1) is 11.8 Å². The van der Waals surface area contributed by atoms with Gasteiger partial charge in [-0.25, -0.2) is 0 Å². The van der Waals surface area contributed by atoms with Crippen molar-refractivity contribution in [1.82, 2.24) is 0 Å². The Morgan fingerprint density at radius 3 is 2.64 bits per heavy atom. The maximum Gasteiger partial charge on any atom is -0.0131 e. The minimum Gasteiger partial charge on any atom is -0.137 e. The fourth-order valence-electron chi connectivity index (χ4n) is 2.34. The highest BCUT2D eigenvalue weighted by Gasteiger charge is 2.24. The van der Waals surface area contributed by atoms with Gasteiger partial charge in [-0.05, 0) is 60.8 Å². The summed E-state index contributed by atoms with van der Waals surface area (Å²) in [5.74, 6) is 1.58. The first kappa shape index (κ1) is 11.9. The standard InChI is InChI=1S/C13H22S/c1-5-11-7-6-8-12(10(2)3)13(11)9-14-4/h5,9-10,12H,6-8H2,1-4H3/b11-5-,13-9+. The Labute approximate surface area is 92.9 Å². The summed E-state index contributed by atoms with van der Waals surface area (Å²) in [6, 6.07) is 0. The molecule has 0 bridgehead atoms. The molecule has 0 amide bonds. The van der Waals surface area contributed by atoms with E-state index in [9.17, 15) is 0 Å². The van der Waals surface area contributed by atoms with E-state index in [1.165, 1.54) is 19.3 Å². The first-order valence-electron chi connectivity index (χ1n) is 5.59. The summed E-state index contributed by atoms with van der Waals surface area (Å²) in [7, 11) is 0. The van der Waals surface area contributed by atoms with Crippen LogP contribution in [0.3, 0.4) is 0 Å². The summed E-state index contributed by atoms with van der Waals surface area (Å²) < 4.78 is 0. The average molecular weight is 210 g/mol. The summed E-state index contributed by atoms with van der Waals surface area (Å²) in [4.78, 5) is 0. The van der Waals surface area contributed by atoms with E-state index in [-0.39, 0.29) is 0 Å². The molecule has 1 heteroatoms. The number of rotatable bonds is 2. The number of hydrogen-bond acceptors (Lipinski definition) is 1. The van der Waals surface area contributed by atoms with Crippen molar-refractivity contribution in [3.05, 3.63) is 22.6 Å². The Morgan fingerprint density at radius 1 is 1.43 bits per heavy atom. The molecule has 0 aromatic heterocycles. The zero-order valence-electron chi connectivity index (χ0n) is 9.84. The summed E-state index contributed by atoms with van der Waals surface area (Å²) in [5, 5.41) is 2.36. The van der Waals surface area contributed by atoms with Gasteiger partial charge in [-0.15, -0.1) is 11.8 Å². The van der Waals surface area contributed by atoms with Gasteiger partial charge < -0.3 is 0 Å². The Kier molecular flexibility index (Phi) is 4.80. The van der Waals surface area contributed by atoms with Crippen LogP contribution in [-0.4, -0.2) is 6.26 Å². The zero-order chi connectivity index (χ0) is 10.6. The normalized spacial score (nSPS) is 29.1. The first-order chi connectivity index (χ1) is 6.70. The second-order valence-electron chi connectivity index (χ2n) is 4.37. The Balaban J connectivity index is 2.90. The third-order valence-corrected chi connectivity index (χ3v) is 3.62. The third-order valence-electron chi connectivity index (χ3n) is 3.13. The molecule has 0 saturated heterocycles. The average Bonchev–Trinajstić information content (AvgIpc) is 2.18. The first-order valence-corrected chi connectivity index (χ1v) is 6.88. The lowest BCUT2D eigenvalue weighted by atomic mass is 9.76. The zero-order valence-corrected chi connectivity index (χ0v) is 10.7. The van der Waals surface area contributed by atoms with Crippen molar-refractivity contribution in [2.75, 3.05) is 6.26 Å². The van der Waals surface area contributed by atoms with E-state index in [2.05, 4.69) is 38.5 Å². The molecule has 1 aliphatic rings. The second kappa shape index (κ2) is 5.65. The van der Waals surface area contributed by atoms with Gasteiger partial charge in [0, 0.05) is 0 Å². The maximum absolute atomic E-state index is 2.36. The van der Waals surface area contributed by atoms with Crippen LogP contribution in [-0.2, 0) is 0 Å². The maximum atomic E-state index is 2.36. The van der Waals surface area contributed by atoms with Gasteiger partial charge in [-0.1, -0.05) is 19.9 Å². The number of allylic oxidation sites excluding steroid dienone is 3. The fraction of sp³-hybridized carbons (Fsp3) is 0.692. The molecule has 80 valence electrons. The molecular weight excluding hydrogens is 188 g/mol. The predicted molar refractivity (Wildman–Crippen MR) is 67.5 cm³/mol. The van der Waals surface area contributed by atoms with Gasteiger partial charge in [0.05, 0.1) is 0 Å². The molecule has 0 aromatic rings. The highest BCUT2D eigenvalue weighted by molar-refractivity contribution is 8.01. The van der Waals surface area contributed by atoms with E-state index in [0.717, 1.165) is 11.8 Å². The number of hydrogen-bond donors (Lipinski definition) is 0. The molecule has 1 fully saturated rings. The summed E-state index contributed by atoms with van der Waals surface area (Å²) >= 11 is 1.85. The van der Waals surface area contributed by atoms with Crippen molar-refractivity contribution in [2.24, 2.45) is 11.8 Å². The van der Waals surface area contributed by atoms with Crippen molar-refractivity contribution < 1.29 is 0 Å². The molecular formula is C13H22S. The van der Waals surface area contributed by atoms with Gasteiger partial charge in [0.2, 0.25) is 0 Å². The molecule has 0 aliphatic heterocycles. The quantitative estimate of drug-likeness (QED) is 0.640. The largest absolute Gasteiger partial charge is 0.137 e. The topological polar surface area (TPSA) is 0 Å². The summed E-state index contributed by atoms with van der Waals surface area (Å²) in [6.45, 7) is 6.86. The summed E-state index contributed by atoms with van der Waals surface area (Å²) in [5.41, 5.74) is 3.20. The van der Waals surface area contributed by atoms with Crippen LogP contribution >= 0.6 is 11.8 Å². The minimum atomic E-state index is 0.781. The van der Waals surface area contributed by atoms with E-state index in [4.69, 9.17) is 0 Å². The van der Waals surface area contributed by atoms with Crippen molar-refractivity contribution in [3.8, 4) is 0 Å². The van der Waals surface area contributed by atoms with Gasteiger partial charge in [0.1, 0.15) is 0 Å². The smallest absolute Gasteiger partial charge is 0.0131 e. The van der Waals surface area contributed by atoms with Crippen LogP contribution in [0.25, 0.3) is 0 Å². The molecule has 0 spiro atoms. The van der Waals surface area contributed by atoms with E-state index in [1.807, 2.05) is 11.8 Å². The second-order valence-corrected chi connectivity index (χ2v) is 5.07. The Bertz CT molecular complexity index is 236. The van der Waals surface area contributed by atoms with Gasteiger partial charge >= 0.3 is 0 Å². The molecule has 0 aromatic carbocycles. The highest BCUT2D eigenvalue weighted by atomic mass is 32.2. The van der Waals surface area contributed by atoms with Crippen LogP contribution in [0.2, 0.25) is 0 Å². The van der Waals surface area contributed by atoms with E-state index >= 15 is 0 Å². The molecule has 0 N–H and O–H groups in total. The predicted octanol–water partition coefficient (Wildman–Crippen LogP) is 4.64. The number of thioether (sulfide) groups is 1. The highest BCUT2D eigenvalue weighted by Crippen LogP contribution is 2.38. The van der Waals surface area contributed by atoms with Crippen molar-refractivity contribution in [2.45, 2.75) is 40.0 Å². The summed E-state index contributed by atoms with van der Waals surface area (Å²) in [6.07, 6.45) is 8.49. The molecule has 1 saturated carbocycles. The molecule has 1 rings (SSSR count). The SMILES string of the molecule is C/C=C1/CCCC(C(C)C)/C1=C/SC. The van der Waals surface area contributed by atoms with Gasteiger partial charge in [-0.2, -0.15) is 0 Å². The van der Waals surface area contributed by atoms with E-state index in [1.54, 1.807) is 11.1 Å². The van der Waals surface area contributed by atoms with Crippen LogP contribution in [0.5, 0.6) is 0 Å². The molecule has 0 heterocycles. The molecule has 1 unspecified atom stereocenters. The minimum absolute atomic E-state index is 0.781. The fourth-order valence-corrected chi connectivity index (χ4v) is 2.92. The lowest BCUT2D eigenvalue weighted by Gasteiger charge is -2.30. The Hall–Kier alpha value is -0.170. The van der Waals surface area contributed by atoms with Crippen molar-refractivity contribution >= 4 is 11.8 Å². The van der Waals surface area contributed by atoms with Crippen LogP contribution in [0.15, 0.2) is 22.6 Å². The van der Waals surface area contributed by atoms with Gasteiger partial charge in [0.25, 0.3) is 0 Å². The van der Waals surface area contributed by atoms with Crippen LogP contribution in [0.4, 0.5) is 0 Å². The van der Waals surface area contributed by atoms with Gasteiger partial charge in [-0.3, -0.25) is 0 Å². The molecule has 14 heavy (non-hydrogen) atoms. The van der Waals surface area contributed by atoms with Gasteiger partial charge in [0.15, 0.2) is 0 Å². The lowest BCUT2D eigenvalue weighted by Crippen LogP contribution is -2.17. The van der Waals surface area contributed by atoms with Crippen LogP contribution < -0.4 is 0 Å². The molecule has 0 nitrogen and oxygen atoms in total. The van der Waals surface area contributed by atoms with Crippen molar-refractivity contribution in [3.63, 3.8) is 0 Å². The Morgan fingerprint density at radius 2 is 2.14 bits per heavy atom. The molecule has 1 atom stereocenters. The van der Waals surface area contributed by atoms with Crippen molar-refractivity contribution in [1.29, 1.82) is 0 Å². The lowest BCUT2D eigenvalue weighted by molar-refractivity contribution is 0.386. The van der Waals surface area contributed by atoms with E-state index in [0.29, 0.717) is 0 Å². The third kappa shape index (κ3) is 2.66. The molecule has 0 radical (unpaired) electrons.